The SMILES string of the molecule is c1ccc(-c2cc(-n3c4ccccc4c4cccc(-n5c6ccccc6c6ccccc65)c43)cc(-n3c4ccccc4c4ccccc43)n2)cc1. The summed E-state index contributed by atoms with van der Waals surface area (Å²) in [7, 11) is 0. The van der Waals surface area contributed by atoms with Gasteiger partial charge in [-0.05, 0) is 42.5 Å². The average Bonchev–Trinajstić information content (AvgIpc) is 3.84. The second-order valence-electron chi connectivity index (χ2n) is 13.2. The third kappa shape index (κ3) is 4.05. The van der Waals surface area contributed by atoms with Gasteiger partial charge in [0.25, 0.3) is 0 Å². The maximum atomic E-state index is 5.41. The Labute approximate surface area is 293 Å². The fraction of sp³-hybridized carbons (Fsp3) is 0. The van der Waals surface area contributed by atoms with Crippen LogP contribution in [0, 0.1) is 0 Å². The lowest BCUT2D eigenvalue weighted by Crippen LogP contribution is -2.04. The highest BCUT2D eigenvalue weighted by Crippen LogP contribution is 2.41. The van der Waals surface area contributed by atoms with E-state index in [4.69, 9.17) is 4.98 Å². The highest BCUT2D eigenvalue weighted by atomic mass is 15.1. The molecule has 0 saturated carbocycles. The Morgan fingerprint density at radius 2 is 0.765 bits per heavy atom. The van der Waals surface area contributed by atoms with Gasteiger partial charge in [-0.3, -0.25) is 4.57 Å². The van der Waals surface area contributed by atoms with E-state index in [1.54, 1.807) is 0 Å². The summed E-state index contributed by atoms with van der Waals surface area (Å²) < 4.78 is 7.22. The summed E-state index contributed by atoms with van der Waals surface area (Å²) in [6.07, 6.45) is 0. The molecule has 4 heteroatoms. The first-order chi connectivity index (χ1) is 25.3. The molecule has 4 nitrogen and oxygen atoms in total. The van der Waals surface area contributed by atoms with Crippen molar-refractivity contribution in [2.75, 3.05) is 0 Å². The summed E-state index contributed by atoms with van der Waals surface area (Å²) >= 11 is 0. The van der Waals surface area contributed by atoms with Gasteiger partial charge in [-0.15, -0.1) is 0 Å². The van der Waals surface area contributed by atoms with Crippen LogP contribution in [0.5, 0.6) is 0 Å². The summed E-state index contributed by atoms with van der Waals surface area (Å²) in [6, 6.07) is 65.3. The normalized spacial score (nSPS) is 11.9. The van der Waals surface area contributed by atoms with Crippen LogP contribution in [0.1, 0.15) is 0 Å². The number of fused-ring (bicyclic) bond motifs is 9. The lowest BCUT2D eigenvalue weighted by molar-refractivity contribution is 1.06. The van der Waals surface area contributed by atoms with Gasteiger partial charge in [-0.2, -0.15) is 0 Å². The predicted octanol–water partition coefficient (Wildman–Crippen LogP) is 12.0. The summed E-state index contributed by atoms with van der Waals surface area (Å²) in [6.45, 7) is 0. The first kappa shape index (κ1) is 28.0. The molecule has 0 amide bonds. The minimum atomic E-state index is 0.879. The lowest BCUT2D eigenvalue weighted by Gasteiger charge is -2.17. The first-order valence-corrected chi connectivity index (χ1v) is 17.4. The van der Waals surface area contributed by atoms with E-state index in [-0.39, 0.29) is 0 Å². The summed E-state index contributed by atoms with van der Waals surface area (Å²) in [4.78, 5) is 5.41. The molecule has 0 unspecified atom stereocenters. The van der Waals surface area contributed by atoms with Crippen LogP contribution in [-0.2, 0) is 0 Å². The fourth-order valence-corrected chi connectivity index (χ4v) is 8.30. The standard InChI is InChI=1S/C47H30N4/c1-2-15-31(16-3-1)39-29-32(30-46(48-39)51-43-26-12-6-19-35(43)36-20-7-13-27-44(36)51)49-40-23-9-8-21-37(40)38-22-14-28-45(47(38)49)50-41-24-10-4-17-33(41)34-18-5-11-25-42(34)50/h1-30H. The quantitative estimate of drug-likeness (QED) is 0.186. The Morgan fingerprint density at radius 1 is 0.333 bits per heavy atom. The molecule has 4 heterocycles. The molecule has 0 aliphatic heterocycles. The topological polar surface area (TPSA) is 27.7 Å². The van der Waals surface area contributed by atoms with E-state index in [1.807, 2.05) is 0 Å². The molecule has 0 fully saturated rings. The van der Waals surface area contributed by atoms with Crippen LogP contribution in [0.2, 0.25) is 0 Å². The van der Waals surface area contributed by atoms with Gasteiger partial charge in [-0.25, -0.2) is 4.98 Å². The second kappa shape index (κ2) is 10.8. The van der Waals surface area contributed by atoms with Gasteiger partial charge < -0.3 is 9.13 Å². The number of benzene rings is 7. The van der Waals surface area contributed by atoms with Gasteiger partial charge >= 0.3 is 0 Å². The van der Waals surface area contributed by atoms with Gasteiger partial charge in [0.05, 0.1) is 50.2 Å². The minimum absolute atomic E-state index is 0.879. The van der Waals surface area contributed by atoms with Crippen molar-refractivity contribution in [2.45, 2.75) is 0 Å². The smallest absolute Gasteiger partial charge is 0.140 e. The van der Waals surface area contributed by atoms with Crippen molar-refractivity contribution in [1.29, 1.82) is 0 Å². The van der Waals surface area contributed by atoms with E-state index in [2.05, 4.69) is 196 Å². The zero-order valence-corrected chi connectivity index (χ0v) is 27.6. The third-order valence-electron chi connectivity index (χ3n) is 10.4. The monoisotopic (exact) mass is 650 g/mol. The van der Waals surface area contributed by atoms with Crippen LogP contribution >= 0.6 is 0 Å². The van der Waals surface area contributed by atoms with E-state index in [0.29, 0.717) is 0 Å². The summed E-state index contributed by atoms with van der Waals surface area (Å²) in [5, 5.41) is 7.35. The van der Waals surface area contributed by atoms with Crippen LogP contribution in [0.4, 0.5) is 0 Å². The number of aromatic nitrogens is 4. The Morgan fingerprint density at radius 3 is 1.31 bits per heavy atom. The van der Waals surface area contributed by atoms with Crippen molar-refractivity contribution in [2.24, 2.45) is 0 Å². The largest absolute Gasteiger partial charge is 0.307 e. The molecule has 0 bridgehead atoms. The van der Waals surface area contributed by atoms with Crippen molar-refractivity contribution in [3.05, 3.63) is 182 Å². The molecule has 0 aliphatic carbocycles. The Balaban J connectivity index is 1.29. The molecule has 11 rings (SSSR count). The first-order valence-electron chi connectivity index (χ1n) is 17.4. The van der Waals surface area contributed by atoms with Crippen molar-refractivity contribution in [3.8, 4) is 28.5 Å². The second-order valence-corrected chi connectivity index (χ2v) is 13.2. The van der Waals surface area contributed by atoms with Crippen molar-refractivity contribution >= 4 is 65.4 Å². The molecule has 0 N–H and O–H groups in total. The molecule has 0 radical (unpaired) electrons. The molecule has 51 heavy (non-hydrogen) atoms. The molecular weight excluding hydrogens is 621 g/mol. The van der Waals surface area contributed by atoms with Crippen LogP contribution in [0.15, 0.2) is 182 Å². The van der Waals surface area contributed by atoms with Gasteiger partial charge in [0.1, 0.15) is 5.82 Å². The zero-order chi connectivity index (χ0) is 33.5. The van der Waals surface area contributed by atoms with Gasteiger partial charge in [0.15, 0.2) is 0 Å². The number of para-hydroxylation sites is 6. The molecule has 0 aliphatic rings. The van der Waals surface area contributed by atoms with Crippen LogP contribution in [0.25, 0.3) is 93.9 Å². The molecule has 0 saturated heterocycles. The number of hydrogen-bond acceptors (Lipinski definition) is 1. The molecule has 0 atom stereocenters. The Hall–Kier alpha value is -6.91. The van der Waals surface area contributed by atoms with E-state index in [9.17, 15) is 0 Å². The van der Waals surface area contributed by atoms with Crippen molar-refractivity contribution in [3.63, 3.8) is 0 Å². The number of hydrogen-bond donors (Lipinski definition) is 0. The Kier molecular flexibility index (Phi) is 5.92. The summed E-state index contributed by atoms with van der Waals surface area (Å²) in [5.74, 6) is 0.879. The molecule has 4 aromatic heterocycles. The number of pyridine rings is 1. The van der Waals surface area contributed by atoms with Crippen molar-refractivity contribution in [1.82, 2.24) is 18.7 Å². The van der Waals surface area contributed by atoms with E-state index < -0.39 is 0 Å². The molecule has 0 spiro atoms. The van der Waals surface area contributed by atoms with Crippen LogP contribution < -0.4 is 0 Å². The van der Waals surface area contributed by atoms with Gasteiger partial charge in [0.2, 0.25) is 0 Å². The molecule has 7 aromatic carbocycles. The number of nitrogens with zero attached hydrogens (tertiary/aromatic N) is 4. The minimum Gasteiger partial charge on any atom is -0.307 e. The van der Waals surface area contributed by atoms with E-state index in [1.165, 1.54) is 43.4 Å². The van der Waals surface area contributed by atoms with Crippen LogP contribution in [0.3, 0.4) is 0 Å². The maximum Gasteiger partial charge on any atom is 0.140 e. The fourth-order valence-electron chi connectivity index (χ4n) is 8.30. The van der Waals surface area contributed by atoms with Crippen molar-refractivity contribution < 1.29 is 0 Å². The highest BCUT2D eigenvalue weighted by molar-refractivity contribution is 6.15. The van der Waals surface area contributed by atoms with E-state index >= 15 is 0 Å². The number of rotatable bonds is 4. The highest BCUT2D eigenvalue weighted by Gasteiger charge is 2.22. The van der Waals surface area contributed by atoms with Gasteiger partial charge in [-0.1, -0.05) is 133 Å². The molecular formula is C47H30N4. The molecule has 238 valence electrons. The summed E-state index contributed by atoms with van der Waals surface area (Å²) in [5.41, 5.74) is 11.1. The average molecular weight is 651 g/mol. The molecule has 11 aromatic rings. The van der Waals surface area contributed by atoms with Gasteiger partial charge in [0, 0.05) is 43.9 Å². The maximum absolute atomic E-state index is 5.41. The predicted molar refractivity (Wildman–Crippen MR) is 213 cm³/mol. The van der Waals surface area contributed by atoms with Crippen LogP contribution in [-0.4, -0.2) is 18.7 Å². The Bertz CT molecular complexity index is 3030. The zero-order valence-electron chi connectivity index (χ0n) is 27.6. The lowest BCUT2D eigenvalue weighted by atomic mass is 10.1. The van der Waals surface area contributed by atoms with E-state index in [0.717, 1.165) is 50.5 Å². The third-order valence-corrected chi connectivity index (χ3v) is 10.4.